The number of aliphatic hydroxyl groups excluding tert-OH is 1. The molecule has 1 aromatic carbocycles. The topological polar surface area (TPSA) is 47.3 Å². The lowest BCUT2D eigenvalue weighted by Gasteiger charge is -2.09. The van der Waals surface area contributed by atoms with Crippen molar-refractivity contribution in [3.8, 4) is 5.75 Å². The van der Waals surface area contributed by atoms with Crippen molar-refractivity contribution in [2.45, 2.75) is 25.6 Å². The normalized spacial score (nSPS) is 17.5. The van der Waals surface area contributed by atoms with Gasteiger partial charge in [-0.15, -0.1) is 0 Å². The fourth-order valence-electron chi connectivity index (χ4n) is 2.37. The lowest BCUT2D eigenvalue weighted by atomic mass is 10.1. The number of aryl methyl sites for hydroxylation is 1. The fraction of sp³-hybridized carbons (Fsp3) is 0.357. The summed E-state index contributed by atoms with van der Waals surface area (Å²) < 4.78 is 7.51. The summed E-state index contributed by atoms with van der Waals surface area (Å²) in [5.41, 5.74) is 2.19. The monoisotopic (exact) mass is 278 g/mol. The van der Waals surface area contributed by atoms with Gasteiger partial charge in [-0.2, -0.15) is 0 Å². The number of ether oxygens (including phenoxy) is 1. The summed E-state index contributed by atoms with van der Waals surface area (Å²) >= 11 is 5.92. The van der Waals surface area contributed by atoms with Crippen molar-refractivity contribution in [2.24, 2.45) is 7.05 Å². The molecule has 100 valence electrons. The van der Waals surface area contributed by atoms with Crippen LogP contribution in [0.3, 0.4) is 0 Å². The van der Waals surface area contributed by atoms with Gasteiger partial charge in [-0.1, -0.05) is 17.7 Å². The lowest BCUT2D eigenvalue weighted by Crippen LogP contribution is -2.04. The summed E-state index contributed by atoms with van der Waals surface area (Å²) in [6, 6.07) is 5.82. The zero-order valence-corrected chi connectivity index (χ0v) is 11.4. The van der Waals surface area contributed by atoms with Crippen molar-refractivity contribution in [3.05, 3.63) is 46.5 Å². The average Bonchev–Trinajstić information content (AvgIpc) is 2.93. The number of fused-ring (bicyclic) bond motifs is 1. The predicted molar refractivity (Wildman–Crippen MR) is 72.3 cm³/mol. The summed E-state index contributed by atoms with van der Waals surface area (Å²) in [7, 11) is 1.85. The van der Waals surface area contributed by atoms with Gasteiger partial charge in [0.2, 0.25) is 0 Å². The highest BCUT2D eigenvalue weighted by atomic mass is 35.5. The van der Waals surface area contributed by atoms with Gasteiger partial charge in [-0.25, -0.2) is 4.98 Å². The Kier molecular flexibility index (Phi) is 3.21. The van der Waals surface area contributed by atoms with Gasteiger partial charge in [0.25, 0.3) is 0 Å². The van der Waals surface area contributed by atoms with E-state index in [4.69, 9.17) is 16.3 Å². The standard InChI is InChI=1S/C14H15ClN2O2/c1-17-13(15)7-16-14(17)8-19-10-3-4-11-9(6-10)2-5-12(11)18/h3-4,6-7,12,18H,2,5,8H2,1H3. The fourth-order valence-corrected chi connectivity index (χ4v) is 2.51. The molecule has 3 rings (SSSR count). The third kappa shape index (κ3) is 2.33. The molecule has 0 aliphatic heterocycles. The Hall–Kier alpha value is -1.52. The van der Waals surface area contributed by atoms with Gasteiger partial charge >= 0.3 is 0 Å². The van der Waals surface area contributed by atoms with Crippen LogP contribution >= 0.6 is 11.6 Å². The first-order chi connectivity index (χ1) is 9.15. The van der Waals surface area contributed by atoms with E-state index in [-0.39, 0.29) is 6.10 Å². The van der Waals surface area contributed by atoms with E-state index in [1.54, 1.807) is 10.8 Å². The van der Waals surface area contributed by atoms with E-state index in [1.807, 2.05) is 25.2 Å². The molecule has 2 aromatic rings. The first-order valence-corrected chi connectivity index (χ1v) is 6.62. The number of imidazole rings is 1. The molecule has 1 unspecified atom stereocenters. The maximum absolute atomic E-state index is 9.75. The predicted octanol–water partition coefficient (Wildman–Crippen LogP) is 2.63. The molecule has 0 bridgehead atoms. The maximum atomic E-state index is 9.75. The largest absolute Gasteiger partial charge is 0.486 e. The van der Waals surface area contributed by atoms with E-state index < -0.39 is 0 Å². The Bertz CT molecular complexity index is 609. The molecular formula is C14H15ClN2O2. The molecule has 0 saturated heterocycles. The highest BCUT2D eigenvalue weighted by molar-refractivity contribution is 6.29. The molecule has 0 spiro atoms. The van der Waals surface area contributed by atoms with Gasteiger partial charge in [0.1, 0.15) is 23.3 Å². The number of aliphatic hydroxyl groups is 1. The summed E-state index contributed by atoms with van der Waals surface area (Å²) in [5.74, 6) is 1.58. The zero-order valence-electron chi connectivity index (χ0n) is 10.6. The van der Waals surface area contributed by atoms with Crippen LogP contribution in [0.2, 0.25) is 5.15 Å². The van der Waals surface area contributed by atoms with Crippen LogP contribution in [-0.4, -0.2) is 14.7 Å². The Morgan fingerprint density at radius 2 is 2.37 bits per heavy atom. The maximum Gasteiger partial charge on any atom is 0.147 e. The van der Waals surface area contributed by atoms with Crippen LogP contribution in [0.15, 0.2) is 24.4 Å². The van der Waals surface area contributed by atoms with Gasteiger partial charge in [0.15, 0.2) is 0 Å². The Balaban J connectivity index is 1.73. The van der Waals surface area contributed by atoms with Crippen LogP contribution in [0, 0.1) is 0 Å². The van der Waals surface area contributed by atoms with Gasteiger partial charge < -0.3 is 14.4 Å². The second kappa shape index (κ2) is 4.87. The van der Waals surface area contributed by atoms with Crippen molar-refractivity contribution < 1.29 is 9.84 Å². The van der Waals surface area contributed by atoms with Crippen LogP contribution in [0.4, 0.5) is 0 Å². The van der Waals surface area contributed by atoms with Gasteiger partial charge in [0.05, 0.1) is 12.3 Å². The zero-order chi connectivity index (χ0) is 13.4. The lowest BCUT2D eigenvalue weighted by molar-refractivity contribution is 0.180. The Morgan fingerprint density at radius 3 is 3.11 bits per heavy atom. The molecule has 0 fully saturated rings. The number of aromatic nitrogens is 2. The second-order valence-electron chi connectivity index (χ2n) is 4.76. The first-order valence-electron chi connectivity index (χ1n) is 6.25. The number of hydrogen-bond donors (Lipinski definition) is 1. The summed E-state index contributed by atoms with van der Waals surface area (Å²) in [5, 5.41) is 10.3. The Morgan fingerprint density at radius 1 is 1.53 bits per heavy atom. The minimum atomic E-state index is -0.322. The van der Waals surface area contributed by atoms with Gasteiger partial charge in [-0.3, -0.25) is 0 Å². The smallest absolute Gasteiger partial charge is 0.147 e. The molecule has 0 amide bonds. The van der Waals surface area contributed by atoms with Crippen LogP contribution in [-0.2, 0) is 20.1 Å². The van der Waals surface area contributed by atoms with E-state index in [0.29, 0.717) is 11.8 Å². The molecule has 0 radical (unpaired) electrons. The molecule has 19 heavy (non-hydrogen) atoms. The molecule has 1 aliphatic rings. The molecule has 1 heterocycles. The highest BCUT2D eigenvalue weighted by Crippen LogP contribution is 2.33. The van der Waals surface area contributed by atoms with E-state index in [2.05, 4.69) is 4.98 Å². The van der Waals surface area contributed by atoms with E-state index >= 15 is 0 Å². The number of hydrogen-bond acceptors (Lipinski definition) is 3. The third-order valence-corrected chi connectivity index (χ3v) is 3.91. The molecule has 1 aromatic heterocycles. The summed E-state index contributed by atoms with van der Waals surface area (Å²) in [6.07, 6.45) is 2.99. The SMILES string of the molecule is Cn1c(Cl)cnc1COc1ccc2c(c1)CCC2O. The molecule has 4 nitrogen and oxygen atoms in total. The van der Waals surface area contributed by atoms with Crippen molar-refractivity contribution in [2.75, 3.05) is 0 Å². The molecule has 5 heteroatoms. The van der Waals surface area contributed by atoms with Crippen LogP contribution in [0.5, 0.6) is 5.75 Å². The summed E-state index contributed by atoms with van der Waals surface area (Å²) in [4.78, 5) is 4.18. The molecular weight excluding hydrogens is 264 g/mol. The third-order valence-electron chi connectivity index (χ3n) is 3.56. The van der Waals surface area contributed by atoms with Crippen molar-refractivity contribution in [1.29, 1.82) is 0 Å². The van der Waals surface area contributed by atoms with Crippen LogP contribution in [0.25, 0.3) is 0 Å². The van der Waals surface area contributed by atoms with E-state index in [9.17, 15) is 5.11 Å². The minimum Gasteiger partial charge on any atom is -0.486 e. The number of halogens is 1. The highest BCUT2D eigenvalue weighted by Gasteiger charge is 2.20. The molecule has 1 atom stereocenters. The van der Waals surface area contributed by atoms with E-state index in [0.717, 1.165) is 30.0 Å². The number of benzene rings is 1. The quantitative estimate of drug-likeness (QED) is 0.939. The molecule has 1 aliphatic carbocycles. The van der Waals surface area contributed by atoms with Gasteiger partial charge in [0, 0.05) is 7.05 Å². The first kappa shape index (κ1) is 12.5. The van der Waals surface area contributed by atoms with Crippen molar-refractivity contribution >= 4 is 11.6 Å². The van der Waals surface area contributed by atoms with Crippen LogP contribution < -0.4 is 4.74 Å². The second-order valence-corrected chi connectivity index (χ2v) is 5.15. The van der Waals surface area contributed by atoms with Crippen molar-refractivity contribution in [1.82, 2.24) is 9.55 Å². The van der Waals surface area contributed by atoms with E-state index in [1.165, 1.54) is 5.56 Å². The Labute approximate surface area is 116 Å². The molecule has 1 N–H and O–H groups in total. The summed E-state index contributed by atoms with van der Waals surface area (Å²) in [6.45, 7) is 0.380. The van der Waals surface area contributed by atoms with Gasteiger partial charge in [-0.05, 0) is 36.1 Å². The van der Waals surface area contributed by atoms with Crippen molar-refractivity contribution in [3.63, 3.8) is 0 Å². The number of nitrogens with zero attached hydrogens (tertiary/aromatic N) is 2. The minimum absolute atomic E-state index is 0.322. The number of rotatable bonds is 3. The average molecular weight is 279 g/mol. The molecule has 0 saturated carbocycles. The van der Waals surface area contributed by atoms with Crippen LogP contribution in [0.1, 0.15) is 29.5 Å².